The molecule has 16 heavy (non-hydrogen) atoms. The summed E-state index contributed by atoms with van der Waals surface area (Å²) in [6.45, 7) is 0.446. The minimum absolute atomic E-state index is 0.446. The molecule has 0 bridgehead atoms. The van der Waals surface area contributed by atoms with Crippen LogP contribution in [0.3, 0.4) is 0 Å². The molecule has 0 saturated carbocycles. The highest BCUT2D eigenvalue weighted by molar-refractivity contribution is 5.60. The van der Waals surface area contributed by atoms with Gasteiger partial charge in [-0.05, 0) is 24.3 Å². The van der Waals surface area contributed by atoms with Crippen molar-refractivity contribution in [1.29, 1.82) is 0 Å². The molecule has 2 rings (SSSR count). The van der Waals surface area contributed by atoms with Gasteiger partial charge < -0.3 is 16.2 Å². The van der Waals surface area contributed by atoms with Gasteiger partial charge in [-0.15, -0.1) is 0 Å². The number of ether oxygens (including phenoxy) is 1. The van der Waals surface area contributed by atoms with E-state index in [1.165, 1.54) is 0 Å². The molecule has 0 aliphatic rings. The Labute approximate surface area is 93.9 Å². The molecule has 0 saturated heterocycles. The molecule has 0 unspecified atom stereocenters. The Bertz CT molecular complexity index is 471. The van der Waals surface area contributed by atoms with Crippen molar-refractivity contribution < 1.29 is 4.74 Å². The van der Waals surface area contributed by atoms with E-state index >= 15 is 0 Å². The molecule has 0 radical (unpaired) electrons. The topological polar surface area (TPSA) is 74.2 Å². The third kappa shape index (κ3) is 2.42. The largest absolute Gasteiger partial charge is 0.487 e. The predicted octanol–water partition coefficient (Wildman–Crippen LogP) is 1.82. The summed E-state index contributed by atoms with van der Waals surface area (Å²) in [4.78, 5) is 4.00. The fraction of sp³-hybridized carbons (Fsp3) is 0.0833. The number of nitrogens with zero attached hydrogens (tertiary/aromatic N) is 1. The van der Waals surface area contributed by atoms with Crippen molar-refractivity contribution in [1.82, 2.24) is 4.98 Å². The van der Waals surface area contributed by atoms with Gasteiger partial charge >= 0.3 is 0 Å². The number of hydrogen-bond donors (Lipinski definition) is 2. The maximum absolute atomic E-state index is 5.76. The van der Waals surface area contributed by atoms with Gasteiger partial charge in [0.05, 0.1) is 5.69 Å². The van der Waals surface area contributed by atoms with Crippen molar-refractivity contribution in [2.75, 3.05) is 11.5 Å². The Kier molecular flexibility index (Phi) is 2.91. The second-order valence-corrected chi connectivity index (χ2v) is 3.45. The smallest absolute Gasteiger partial charge is 0.142 e. The number of aromatic nitrogens is 1. The quantitative estimate of drug-likeness (QED) is 0.766. The fourth-order valence-corrected chi connectivity index (χ4v) is 1.34. The summed E-state index contributed by atoms with van der Waals surface area (Å²) in [5.41, 5.74) is 13.5. The van der Waals surface area contributed by atoms with Gasteiger partial charge in [0.2, 0.25) is 0 Å². The third-order valence-corrected chi connectivity index (χ3v) is 2.15. The van der Waals surface area contributed by atoms with Crippen LogP contribution in [0.4, 0.5) is 11.4 Å². The zero-order chi connectivity index (χ0) is 11.4. The first-order valence-electron chi connectivity index (χ1n) is 4.92. The molecule has 0 amide bonds. The van der Waals surface area contributed by atoms with Crippen molar-refractivity contribution in [2.45, 2.75) is 6.61 Å². The SMILES string of the molecule is Nc1ccc(OCc2cccnc2)c(N)c1. The maximum atomic E-state index is 5.76. The Morgan fingerprint density at radius 2 is 2.06 bits per heavy atom. The molecule has 0 aliphatic heterocycles. The Hall–Kier alpha value is -2.23. The lowest BCUT2D eigenvalue weighted by atomic mass is 10.2. The fourth-order valence-electron chi connectivity index (χ4n) is 1.34. The highest BCUT2D eigenvalue weighted by Gasteiger charge is 2.01. The molecule has 4 N–H and O–H groups in total. The summed E-state index contributed by atoms with van der Waals surface area (Å²) in [6, 6.07) is 9.01. The lowest BCUT2D eigenvalue weighted by Crippen LogP contribution is -1.99. The molecule has 0 aliphatic carbocycles. The summed E-state index contributed by atoms with van der Waals surface area (Å²) in [7, 11) is 0. The average molecular weight is 215 g/mol. The first-order chi connectivity index (χ1) is 7.75. The van der Waals surface area contributed by atoms with Crippen molar-refractivity contribution in [3.63, 3.8) is 0 Å². The molecule has 1 aromatic carbocycles. The van der Waals surface area contributed by atoms with Crippen molar-refractivity contribution >= 4 is 11.4 Å². The minimum atomic E-state index is 0.446. The Morgan fingerprint density at radius 1 is 1.19 bits per heavy atom. The van der Waals surface area contributed by atoms with E-state index in [2.05, 4.69) is 4.98 Å². The lowest BCUT2D eigenvalue weighted by molar-refractivity contribution is 0.307. The van der Waals surface area contributed by atoms with E-state index in [9.17, 15) is 0 Å². The van der Waals surface area contributed by atoms with Gasteiger partial charge in [0.25, 0.3) is 0 Å². The molecular weight excluding hydrogens is 202 g/mol. The first kappa shape index (κ1) is 10.3. The van der Waals surface area contributed by atoms with E-state index in [1.807, 2.05) is 12.1 Å². The van der Waals surface area contributed by atoms with Gasteiger partial charge in [-0.25, -0.2) is 0 Å². The number of nitrogens with two attached hydrogens (primary N) is 2. The standard InChI is InChI=1S/C12H13N3O/c13-10-3-4-12(11(14)6-10)16-8-9-2-1-5-15-7-9/h1-7H,8,13-14H2. The van der Waals surface area contributed by atoms with Crippen molar-refractivity contribution in [3.8, 4) is 5.75 Å². The van der Waals surface area contributed by atoms with Crippen LogP contribution in [-0.2, 0) is 6.61 Å². The molecule has 82 valence electrons. The van der Waals surface area contributed by atoms with Crippen molar-refractivity contribution in [2.24, 2.45) is 0 Å². The van der Waals surface area contributed by atoms with Gasteiger partial charge in [-0.1, -0.05) is 6.07 Å². The van der Waals surface area contributed by atoms with E-state index in [0.29, 0.717) is 23.7 Å². The van der Waals surface area contributed by atoms with Gasteiger partial charge in [0.1, 0.15) is 12.4 Å². The number of rotatable bonds is 3. The lowest BCUT2D eigenvalue weighted by Gasteiger charge is -2.08. The van der Waals surface area contributed by atoms with Gasteiger partial charge in [0, 0.05) is 23.6 Å². The highest BCUT2D eigenvalue weighted by atomic mass is 16.5. The third-order valence-electron chi connectivity index (χ3n) is 2.15. The first-order valence-corrected chi connectivity index (χ1v) is 4.92. The highest BCUT2D eigenvalue weighted by Crippen LogP contribution is 2.24. The van der Waals surface area contributed by atoms with Crippen molar-refractivity contribution in [3.05, 3.63) is 48.3 Å². The van der Waals surface area contributed by atoms with Crippen LogP contribution in [-0.4, -0.2) is 4.98 Å². The van der Waals surface area contributed by atoms with Gasteiger partial charge in [-0.2, -0.15) is 0 Å². The average Bonchev–Trinajstić information content (AvgIpc) is 2.29. The summed E-state index contributed by atoms with van der Waals surface area (Å²) in [6.07, 6.45) is 3.48. The zero-order valence-corrected chi connectivity index (χ0v) is 8.76. The second kappa shape index (κ2) is 4.53. The summed E-state index contributed by atoms with van der Waals surface area (Å²) < 4.78 is 5.56. The van der Waals surface area contributed by atoms with Crippen LogP contribution in [0.15, 0.2) is 42.7 Å². The summed E-state index contributed by atoms with van der Waals surface area (Å²) >= 11 is 0. The summed E-state index contributed by atoms with van der Waals surface area (Å²) in [5.74, 6) is 0.637. The molecule has 4 heteroatoms. The van der Waals surface area contributed by atoms with Gasteiger partial charge in [-0.3, -0.25) is 4.98 Å². The Morgan fingerprint density at radius 3 is 2.75 bits per heavy atom. The van der Waals surface area contributed by atoms with Crippen LogP contribution >= 0.6 is 0 Å². The van der Waals surface area contributed by atoms with Crippen LogP contribution in [0.2, 0.25) is 0 Å². The molecule has 1 heterocycles. The predicted molar refractivity (Wildman–Crippen MR) is 63.8 cm³/mol. The van der Waals surface area contributed by atoms with E-state index in [4.69, 9.17) is 16.2 Å². The number of nitrogen functional groups attached to an aromatic ring is 2. The van der Waals surface area contributed by atoms with E-state index in [1.54, 1.807) is 30.6 Å². The normalized spacial score (nSPS) is 10.0. The molecular formula is C12H13N3O. The maximum Gasteiger partial charge on any atom is 0.142 e. The molecule has 0 spiro atoms. The molecule has 0 fully saturated rings. The number of pyridine rings is 1. The van der Waals surface area contributed by atoms with Gasteiger partial charge in [0.15, 0.2) is 0 Å². The number of hydrogen-bond acceptors (Lipinski definition) is 4. The number of benzene rings is 1. The summed E-state index contributed by atoms with van der Waals surface area (Å²) in [5, 5.41) is 0. The van der Waals surface area contributed by atoms with Crippen LogP contribution in [0, 0.1) is 0 Å². The van der Waals surface area contributed by atoms with Crippen LogP contribution in [0.25, 0.3) is 0 Å². The minimum Gasteiger partial charge on any atom is -0.487 e. The Balaban J connectivity index is 2.05. The van der Waals surface area contributed by atoms with E-state index < -0.39 is 0 Å². The monoisotopic (exact) mass is 215 g/mol. The van der Waals surface area contributed by atoms with E-state index in [-0.39, 0.29) is 0 Å². The molecule has 0 atom stereocenters. The zero-order valence-electron chi connectivity index (χ0n) is 8.76. The van der Waals surface area contributed by atoms with E-state index in [0.717, 1.165) is 5.56 Å². The van der Waals surface area contributed by atoms with Crippen LogP contribution in [0.1, 0.15) is 5.56 Å². The van der Waals surface area contributed by atoms with Crippen LogP contribution in [0.5, 0.6) is 5.75 Å². The molecule has 4 nitrogen and oxygen atoms in total. The molecule has 2 aromatic rings. The molecule has 1 aromatic heterocycles. The van der Waals surface area contributed by atoms with Crippen LogP contribution < -0.4 is 16.2 Å². The number of anilines is 2. The second-order valence-electron chi connectivity index (χ2n) is 3.45.